The molecular formula is C43H84NO8+. The first kappa shape index (κ1) is 50.3. The molecule has 0 radical (unpaired) electrons. The van der Waals surface area contributed by atoms with Crippen molar-refractivity contribution in [3.63, 3.8) is 0 Å². The monoisotopic (exact) mass is 743 g/mol. The molecule has 0 amide bonds. The Labute approximate surface area is 320 Å². The molecule has 0 spiro atoms. The first-order valence-electron chi connectivity index (χ1n) is 21.7. The van der Waals surface area contributed by atoms with E-state index in [-0.39, 0.29) is 32.2 Å². The van der Waals surface area contributed by atoms with Crippen molar-refractivity contribution in [1.29, 1.82) is 0 Å². The van der Waals surface area contributed by atoms with Crippen molar-refractivity contribution in [3.05, 3.63) is 0 Å². The molecule has 9 nitrogen and oxygen atoms in total. The van der Waals surface area contributed by atoms with E-state index in [1.54, 1.807) is 0 Å². The molecule has 0 aromatic rings. The van der Waals surface area contributed by atoms with E-state index in [2.05, 4.69) is 13.8 Å². The number of quaternary nitrogens is 1. The molecule has 0 aliphatic carbocycles. The predicted molar refractivity (Wildman–Crippen MR) is 212 cm³/mol. The van der Waals surface area contributed by atoms with Gasteiger partial charge in [0.05, 0.1) is 34.4 Å². The molecule has 2 atom stereocenters. The first-order chi connectivity index (χ1) is 25.1. The second-order valence-corrected chi connectivity index (χ2v) is 16.0. The van der Waals surface area contributed by atoms with Crippen molar-refractivity contribution in [2.45, 2.75) is 212 Å². The summed E-state index contributed by atoms with van der Waals surface area (Å²) in [6.45, 7) is 4.87. The third kappa shape index (κ3) is 36.6. The Balaban J connectivity index is 4.35. The lowest BCUT2D eigenvalue weighted by molar-refractivity contribution is -0.870. The molecular weight excluding hydrogens is 658 g/mol. The van der Waals surface area contributed by atoms with Crippen LogP contribution in [0.25, 0.3) is 0 Å². The summed E-state index contributed by atoms with van der Waals surface area (Å²) in [7, 11) is 5.96. The Morgan fingerprint density at radius 2 is 0.865 bits per heavy atom. The Hall–Kier alpha value is -1.71. The normalized spacial score (nSPS) is 12.9. The van der Waals surface area contributed by atoms with Crippen LogP contribution in [-0.4, -0.2) is 87.4 Å². The quantitative estimate of drug-likeness (QED) is 0.0286. The lowest BCUT2D eigenvalue weighted by Gasteiger charge is -2.25. The van der Waals surface area contributed by atoms with E-state index < -0.39 is 24.3 Å². The number of carbonyl (C=O) groups is 3. The van der Waals surface area contributed by atoms with Crippen molar-refractivity contribution in [2.75, 3.05) is 47.5 Å². The van der Waals surface area contributed by atoms with Crippen LogP contribution < -0.4 is 0 Å². The average Bonchev–Trinajstić information content (AvgIpc) is 3.09. The Bertz CT molecular complexity index is 830. The highest BCUT2D eigenvalue weighted by Crippen LogP contribution is 2.16. The van der Waals surface area contributed by atoms with Crippen molar-refractivity contribution < 1.29 is 42.9 Å². The van der Waals surface area contributed by atoms with Gasteiger partial charge < -0.3 is 28.5 Å². The Kier molecular flexibility index (Phi) is 35.1. The van der Waals surface area contributed by atoms with Gasteiger partial charge in [0.2, 0.25) is 0 Å². The highest BCUT2D eigenvalue weighted by atomic mass is 16.7. The van der Waals surface area contributed by atoms with Gasteiger partial charge in [-0.05, 0) is 12.8 Å². The van der Waals surface area contributed by atoms with Gasteiger partial charge in [0.25, 0.3) is 6.29 Å². The van der Waals surface area contributed by atoms with E-state index in [1.807, 2.05) is 21.1 Å². The zero-order chi connectivity index (χ0) is 38.5. The molecule has 0 heterocycles. The minimum Gasteiger partial charge on any atom is -0.477 e. The second-order valence-electron chi connectivity index (χ2n) is 16.0. The third-order valence-corrected chi connectivity index (χ3v) is 9.61. The highest BCUT2D eigenvalue weighted by molar-refractivity contribution is 5.71. The molecule has 308 valence electrons. The van der Waals surface area contributed by atoms with E-state index in [0.29, 0.717) is 17.4 Å². The standard InChI is InChI=1S/C43H83NO8/c1-6-8-10-12-14-16-17-18-19-20-21-22-23-24-26-28-30-32-34-41(46)52-39(38-51-43(42(47)48)49-36-35-44(3,4)5)37-50-40(45)33-31-29-27-25-15-13-11-9-7-2/h39,43H,6-38H2,1-5H3/p+1. The number of esters is 2. The van der Waals surface area contributed by atoms with Gasteiger partial charge >= 0.3 is 17.9 Å². The third-order valence-electron chi connectivity index (χ3n) is 9.61. The van der Waals surface area contributed by atoms with Crippen LogP contribution in [0, 0.1) is 0 Å². The number of hydrogen-bond donors (Lipinski definition) is 1. The van der Waals surface area contributed by atoms with Crippen molar-refractivity contribution in [3.8, 4) is 0 Å². The van der Waals surface area contributed by atoms with Crippen LogP contribution in [-0.2, 0) is 33.3 Å². The van der Waals surface area contributed by atoms with Crippen LogP contribution in [0.1, 0.15) is 200 Å². The maximum absolute atomic E-state index is 12.7. The topological polar surface area (TPSA) is 108 Å². The molecule has 0 aromatic carbocycles. The SMILES string of the molecule is CCCCCCCCCCCCCCCCCCCCC(=O)OC(COC(=O)CCCCCCCCCCC)COC(OCC[N+](C)(C)C)C(=O)O. The van der Waals surface area contributed by atoms with Gasteiger partial charge in [-0.25, -0.2) is 4.79 Å². The van der Waals surface area contributed by atoms with E-state index in [4.69, 9.17) is 18.9 Å². The number of hydrogen-bond acceptors (Lipinski definition) is 7. The lowest BCUT2D eigenvalue weighted by Crippen LogP contribution is -2.40. The van der Waals surface area contributed by atoms with Gasteiger partial charge in [0.15, 0.2) is 6.10 Å². The molecule has 0 aliphatic heterocycles. The smallest absolute Gasteiger partial charge is 0.361 e. The molecule has 0 saturated carbocycles. The summed E-state index contributed by atoms with van der Waals surface area (Å²) < 4.78 is 22.7. The molecule has 0 rings (SSSR count). The van der Waals surface area contributed by atoms with E-state index in [9.17, 15) is 19.5 Å². The molecule has 0 aromatic heterocycles. The first-order valence-corrected chi connectivity index (χ1v) is 21.7. The second kappa shape index (κ2) is 36.3. The molecule has 1 N–H and O–H groups in total. The molecule has 9 heteroatoms. The van der Waals surface area contributed by atoms with E-state index >= 15 is 0 Å². The average molecular weight is 743 g/mol. The maximum Gasteiger partial charge on any atom is 0.361 e. The van der Waals surface area contributed by atoms with Crippen LogP contribution in [0.4, 0.5) is 0 Å². The number of carboxylic acids is 1. The number of carbonyl (C=O) groups excluding carboxylic acids is 2. The Morgan fingerprint density at radius 1 is 0.500 bits per heavy atom. The minimum atomic E-state index is -1.50. The summed E-state index contributed by atoms with van der Waals surface area (Å²) in [5, 5.41) is 9.60. The number of nitrogens with zero attached hydrogens (tertiary/aromatic N) is 1. The summed E-state index contributed by atoms with van der Waals surface area (Å²) in [4.78, 5) is 36.9. The fourth-order valence-corrected chi connectivity index (χ4v) is 6.19. The molecule has 0 saturated heterocycles. The van der Waals surface area contributed by atoms with Gasteiger partial charge in [-0.1, -0.05) is 174 Å². The number of unbranched alkanes of at least 4 members (excludes halogenated alkanes) is 25. The van der Waals surface area contributed by atoms with Crippen molar-refractivity contribution in [1.82, 2.24) is 0 Å². The van der Waals surface area contributed by atoms with Crippen LogP contribution >= 0.6 is 0 Å². The molecule has 0 bridgehead atoms. The van der Waals surface area contributed by atoms with Gasteiger partial charge in [0, 0.05) is 12.8 Å². The number of rotatable bonds is 40. The van der Waals surface area contributed by atoms with Crippen LogP contribution in [0.2, 0.25) is 0 Å². The maximum atomic E-state index is 12.7. The summed E-state index contributed by atoms with van der Waals surface area (Å²) in [5.41, 5.74) is 0. The summed E-state index contributed by atoms with van der Waals surface area (Å²) in [6.07, 6.45) is 31.6. The minimum absolute atomic E-state index is 0.174. The number of ether oxygens (including phenoxy) is 4. The summed E-state index contributed by atoms with van der Waals surface area (Å²) in [6, 6.07) is 0. The lowest BCUT2D eigenvalue weighted by atomic mass is 10.0. The fourth-order valence-electron chi connectivity index (χ4n) is 6.19. The number of likely N-dealkylation sites (N-methyl/N-ethyl adjacent to an activating group) is 1. The predicted octanol–water partition coefficient (Wildman–Crippen LogP) is 10.9. The van der Waals surface area contributed by atoms with E-state index in [0.717, 1.165) is 38.5 Å². The largest absolute Gasteiger partial charge is 0.477 e. The molecule has 2 unspecified atom stereocenters. The van der Waals surface area contributed by atoms with Crippen molar-refractivity contribution in [2.24, 2.45) is 0 Å². The zero-order valence-corrected chi connectivity index (χ0v) is 34.7. The summed E-state index contributed by atoms with van der Waals surface area (Å²) >= 11 is 0. The molecule has 0 fully saturated rings. The fraction of sp³-hybridized carbons (Fsp3) is 0.930. The van der Waals surface area contributed by atoms with Gasteiger partial charge in [-0.3, -0.25) is 9.59 Å². The van der Waals surface area contributed by atoms with Gasteiger partial charge in [-0.2, -0.15) is 0 Å². The van der Waals surface area contributed by atoms with Crippen LogP contribution in [0.15, 0.2) is 0 Å². The molecule has 0 aliphatic rings. The van der Waals surface area contributed by atoms with Crippen LogP contribution in [0.3, 0.4) is 0 Å². The van der Waals surface area contributed by atoms with Gasteiger partial charge in [-0.15, -0.1) is 0 Å². The molecule has 52 heavy (non-hydrogen) atoms. The number of carboxylic acid groups (broad SMARTS) is 1. The highest BCUT2D eigenvalue weighted by Gasteiger charge is 2.25. The van der Waals surface area contributed by atoms with Gasteiger partial charge in [0.1, 0.15) is 13.2 Å². The van der Waals surface area contributed by atoms with Crippen LogP contribution in [0.5, 0.6) is 0 Å². The summed E-state index contributed by atoms with van der Waals surface area (Å²) in [5.74, 6) is -1.99. The number of aliphatic carboxylic acids is 1. The Morgan fingerprint density at radius 3 is 1.23 bits per heavy atom. The zero-order valence-electron chi connectivity index (χ0n) is 34.7. The van der Waals surface area contributed by atoms with E-state index in [1.165, 1.54) is 135 Å². The van der Waals surface area contributed by atoms with Crippen molar-refractivity contribution >= 4 is 17.9 Å².